The predicted octanol–water partition coefficient (Wildman–Crippen LogP) is 2.31. The first-order valence-corrected chi connectivity index (χ1v) is 6.93. The number of rotatable bonds is 3. The smallest absolute Gasteiger partial charge is 0.170 e. The largest absolute Gasteiger partial charge is 0.362 e. The molecule has 98 valence electrons. The number of likely N-dealkylation sites (tertiary alicyclic amines) is 1. The van der Waals surface area contributed by atoms with Crippen molar-refractivity contribution in [3.63, 3.8) is 0 Å². The van der Waals surface area contributed by atoms with E-state index >= 15 is 0 Å². The fraction of sp³-hybridized carbons (Fsp3) is 0.500. The molecule has 1 aliphatic rings. The van der Waals surface area contributed by atoms with Crippen molar-refractivity contribution >= 4 is 23.0 Å². The van der Waals surface area contributed by atoms with E-state index in [9.17, 15) is 0 Å². The van der Waals surface area contributed by atoms with Gasteiger partial charge in [0, 0.05) is 18.8 Å². The van der Waals surface area contributed by atoms with Crippen LogP contribution in [0.3, 0.4) is 0 Å². The molecule has 1 aromatic carbocycles. The number of nitrogens with zero attached hydrogens (tertiary/aromatic N) is 1. The van der Waals surface area contributed by atoms with Crippen molar-refractivity contribution in [2.75, 3.05) is 32.0 Å². The van der Waals surface area contributed by atoms with E-state index < -0.39 is 0 Å². The molecule has 0 aromatic heterocycles. The maximum atomic E-state index is 5.30. The molecular formula is C14H21N3S. The summed E-state index contributed by atoms with van der Waals surface area (Å²) in [5, 5.41) is 7.23. The van der Waals surface area contributed by atoms with Crippen molar-refractivity contribution in [1.29, 1.82) is 0 Å². The molecule has 0 unspecified atom stereocenters. The Morgan fingerprint density at radius 3 is 2.89 bits per heavy atom. The monoisotopic (exact) mass is 263 g/mol. The standard InChI is InChI=1S/C14H21N3S/c1-17-9-5-6-12(11-17)10-15-14(18)16-13-7-3-2-4-8-13/h2-4,7-8,12H,5-6,9-11H2,1H3,(H2,15,16,18)/t12-/m1/s1. The first-order chi connectivity index (χ1) is 8.74. The normalized spacial score (nSPS) is 20.4. The van der Waals surface area contributed by atoms with Gasteiger partial charge in [-0.3, -0.25) is 0 Å². The zero-order chi connectivity index (χ0) is 12.8. The second-order valence-corrected chi connectivity index (χ2v) is 5.38. The van der Waals surface area contributed by atoms with E-state index in [-0.39, 0.29) is 0 Å². The van der Waals surface area contributed by atoms with Crippen molar-refractivity contribution in [3.8, 4) is 0 Å². The van der Waals surface area contributed by atoms with Crippen LogP contribution in [0.4, 0.5) is 5.69 Å². The Balaban J connectivity index is 1.71. The average molecular weight is 263 g/mol. The summed E-state index contributed by atoms with van der Waals surface area (Å²) in [6, 6.07) is 10.0. The van der Waals surface area contributed by atoms with Gasteiger partial charge in [-0.2, -0.15) is 0 Å². The lowest BCUT2D eigenvalue weighted by molar-refractivity contribution is 0.211. The van der Waals surface area contributed by atoms with Gasteiger partial charge in [-0.1, -0.05) is 18.2 Å². The summed E-state index contributed by atoms with van der Waals surface area (Å²) in [7, 11) is 2.19. The molecule has 2 N–H and O–H groups in total. The van der Waals surface area contributed by atoms with E-state index in [0.717, 1.165) is 17.3 Å². The van der Waals surface area contributed by atoms with Crippen LogP contribution >= 0.6 is 12.2 Å². The molecule has 0 spiro atoms. The SMILES string of the molecule is CN1CCC[C@H](CNC(=S)Nc2ccccc2)C1. The van der Waals surface area contributed by atoms with Gasteiger partial charge in [-0.25, -0.2) is 0 Å². The number of thiocarbonyl (C=S) groups is 1. The second kappa shape index (κ2) is 6.71. The molecule has 0 aliphatic carbocycles. The van der Waals surface area contributed by atoms with Crippen molar-refractivity contribution < 1.29 is 0 Å². The van der Waals surface area contributed by atoms with Gasteiger partial charge in [-0.15, -0.1) is 0 Å². The highest BCUT2D eigenvalue weighted by atomic mass is 32.1. The van der Waals surface area contributed by atoms with Crippen molar-refractivity contribution in [3.05, 3.63) is 30.3 Å². The van der Waals surface area contributed by atoms with Crippen molar-refractivity contribution in [1.82, 2.24) is 10.2 Å². The number of benzene rings is 1. The third-order valence-electron chi connectivity index (χ3n) is 3.31. The summed E-state index contributed by atoms with van der Waals surface area (Å²) >= 11 is 5.30. The second-order valence-electron chi connectivity index (χ2n) is 4.97. The van der Waals surface area contributed by atoms with Crippen LogP contribution in [0.5, 0.6) is 0 Å². The maximum Gasteiger partial charge on any atom is 0.170 e. The van der Waals surface area contributed by atoms with Gasteiger partial charge in [-0.05, 0) is 56.7 Å². The number of para-hydroxylation sites is 1. The van der Waals surface area contributed by atoms with E-state index in [1.807, 2.05) is 30.3 Å². The fourth-order valence-electron chi connectivity index (χ4n) is 2.37. The van der Waals surface area contributed by atoms with E-state index in [2.05, 4.69) is 22.6 Å². The van der Waals surface area contributed by atoms with Gasteiger partial charge >= 0.3 is 0 Å². The van der Waals surface area contributed by atoms with Gasteiger partial charge < -0.3 is 15.5 Å². The zero-order valence-electron chi connectivity index (χ0n) is 10.9. The molecule has 18 heavy (non-hydrogen) atoms. The van der Waals surface area contributed by atoms with Gasteiger partial charge in [0.15, 0.2) is 5.11 Å². The lowest BCUT2D eigenvalue weighted by Gasteiger charge is -2.30. The van der Waals surface area contributed by atoms with Crippen LogP contribution in [-0.4, -0.2) is 36.7 Å². The summed E-state index contributed by atoms with van der Waals surface area (Å²) in [6.45, 7) is 3.35. The zero-order valence-corrected chi connectivity index (χ0v) is 11.7. The minimum Gasteiger partial charge on any atom is -0.362 e. The molecule has 1 saturated heterocycles. The molecule has 1 fully saturated rings. The molecule has 0 radical (unpaired) electrons. The Bertz CT molecular complexity index is 380. The number of hydrogen-bond donors (Lipinski definition) is 2. The minimum absolute atomic E-state index is 0.708. The summed E-state index contributed by atoms with van der Waals surface area (Å²) in [4.78, 5) is 2.39. The number of nitrogens with one attached hydrogen (secondary N) is 2. The molecule has 1 aromatic rings. The first kappa shape index (κ1) is 13.3. The third kappa shape index (κ3) is 4.27. The highest BCUT2D eigenvalue weighted by Gasteiger charge is 2.16. The molecule has 3 nitrogen and oxygen atoms in total. The Labute approximate surface area is 115 Å². The molecule has 1 atom stereocenters. The summed E-state index contributed by atoms with van der Waals surface area (Å²) in [6.07, 6.45) is 2.59. The van der Waals surface area contributed by atoms with Gasteiger partial charge in [0.05, 0.1) is 0 Å². The maximum absolute atomic E-state index is 5.30. The Morgan fingerprint density at radius 2 is 2.17 bits per heavy atom. The highest BCUT2D eigenvalue weighted by molar-refractivity contribution is 7.80. The van der Waals surface area contributed by atoms with E-state index in [4.69, 9.17) is 12.2 Å². The van der Waals surface area contributed by atoms with Crippen LogP contribution in [0.15, 0.2) is 30.3 Å². The molecule has 4 heteroatoms. The summed E-state index contributed by atoms with van der Waals surface area (Å²) in [5.74, 6) is 0.708. The highest BCUT2D eigenvalue weighted by Crippen LogP contribution is 2.14. The van der Waals surface area contributed by atoms with E-state index in [1.165, 1.54) is 25.9 Å². The van der Waals surface area contributed by atoms with Crippen molar-refractivity contribution in [2.45, 2.75) is 12.8 Å². The molecular weight excluding hydrogens is 242 g/mol. The molecule has 1 aliphatic heterocycles. The summed E-state index contributed by atoms with van der Waals surface area (Å²) in [5.41, 5.74) is 1.04. The number of anilines is 1. The summed E-state index contributed by atoms with van der Waals surface area (Å²) < 4.78 is 0. The quantitative estimate of drug-likeness (QED) is 0.819. The lowest BCUT2D eigenvalue weighted by atomic mass is 9.99. The van der Waals surface area contributed by atoms with Crippen LogP contribution in [0, 0.1) is 5.92 Å². The molecule has 1 heterocycles. The lowest BCUT2D eigenvalue weighted by Crippen LogP contribution is -2.40. The Kier molecular flexibility index (Phi) is 4.96. The van der Waals surface area contributed by atoms with E-state index in [0.29, 0.717) is 5.92 Å². The Morgan fingerprint density at radius 1 is 1.39 bits per heavy atom. The van der Waals surface area contributed by atoms with E-state index in [1.54, 1.807) is 0 Å². The molecule has 2 rings (SSSR count). The van der Waals surface area contributed by atoms with Crippen molar-refractivity contribution in [2.24, 2.45) is 5.92 Å². The van der Waals surface area contributed by atoms with Crippen LogP contribution in [0.25, 0.3) is 0 Å². The molecule has 0 amide bonds. The average Bonchev–Trinajstić information content (AvgIpc) is 2.38. The third-order valence-corrected chi connectivity index (χ3v) is 3.55. The Hall–Kier alpha value is -1.13. The van der Waals surface area contributed by atoms with Crippen LogP contribution in [0.1, 0.15) is 12.8 Å². The van der Waals surface area contributed by atoms with Crippen LogP contribution in [0.2, 0.25) is 0 Å². The van der Waals surface area contributed by atoms with Gasteiger partial charge in [0.1, 0.15) is 0 Å². The topological polar surface area (TPSA) is 27.3 Å². The van der Waals surface area contributed by atoms with Crippen LogP contribution < -0.4 is 10.6 Å². The van der Waals surface area contributed by atoms with Gasteiger partial charge in [0.25, 0.3) is 0 Å². The fourth-order valence-corrected chi connectivity index (χ4v) is 2.57. The van der Waals surface area contributed by atoms with Crippen LogP contribution in [-0.2, 0) is 0 Å². The predicted molar refractivity (Wildman–Crippen MR) is 80.9 cm³/mol. The molecule has 0 bridgehead atoms. The number of hydrogen-bond acceptors (Lipinski definition) is 2. The molecule has 0 saturated carbocycles. The van der Waals surface area contributed by atoms with Gasteiger partial charge in [0.2, 0.25) is 0 Å². The first-order valence-electron chi connectivity index (χ1n) is 6.52. The number of piperidine rings is 1. The minimum atomic E-state index is 0.708.